The van der Waals surface area contributed by atoms with Gasteiger partial charge >= 0.3 is 0 Å². The van der Waals surface area contributed by atoms with Crippen molar-refractivity contribution in [3.63, 3.8) is 0 Å². The molecule has 0 aliphatic rings. The van der Waals surface area contributed by atoms with Gasteiger partial charge in [0.25, 0.3) is 0 Å². The number of H-pyrrole nitrogens is 1. The number of aromatic nitrogens is 2. The second-order valence-electron chi connectivity index (χ2n) is 4.75. The van der Waals surface area contributed by atoms with E-state index in [1.165, 1.54) is 11.1 Å². The Morgan fingerprint density at radius 2 is 2.00 bits per heavy atom. The number of benzene rings is 2. The molecule has 3 aromatic rings. The second-order valence-corrected chi connectivity index (χ2v) is 5.14. The molecule has 0 saturated heterocycles. The van der Waals surface area contributed by atoms with E-state index in [0.717, 1.165) is 11.0 Å². The fourth-order valence-electron chi connectivity index (χ4n) is 2.39. The van der Waals surface area contributed by atoms with Crippen LogP contribution < -0.4 is 0 Å². The Kier molecular flexibility index (Phi) is 3.13. The Labute approximate surface area is 122 Å². The fourth-order valence-corrected chi connectivity index (χ4v) is 2.65. The van der Waals surface area contributed by atoms with Gasteiger partial charge in [0.1, 0.15) is 6.07 Å². The van der Waals surface area contributed by atoms with Crippen LogP contribution in [-0.2, 0) is 6.54 Å². The molecule has 1 N–H and O–H groups in total. The lowest BCUT2D eigenvalue weighted by Crippen LogP contribution is -2.01. The summed E-state index contributed by atoms with van der Waals surface area (Å²) in [6.45, 7) is 2.80. The predicted octanol–water partition coefficient (Wildman–Crippen LogP) is 3.93. The van der Waals surface area contributed by atoms with Gasteiger partial charge < -0.3 is 9.55 Å². The fraction of sp³-hybridized carbons (Fsp3) is 0.125. The molecule has 20 heavy (non-hydrogen) atoms. The Balaban J connectivity index is 2.18. The van der Waals surface area contributed by atoms with Crippen LogP contribution in [0.3, 0.4) is 0 Å². The zero-order valence-electron chi connectivity index (χ0n) is 11.1. The number of nitrogens with zero attached hydrogens (tertiary/aromatic N) is 2. The van der Waals surface area contributed by atoms with Crippen molar-refractivity contribution >= 4 is 23.3 Å². The highest BCUT2D eigenvalue weighted by molar-refractivity contribution is 7.71. The molecule has 0 radical (unpaired) electrons. The number of nitriles is 1. The molecule has 0 fully saturated rings. The number of aromatic amines is 1. The summed E-state index contributed by atoms with van der Waals surface area (Å²) in [7, 11) is 0. The zero-order valence-corrected chi connectivity index (χ0v) is 11.9. The van der Waals surface area contributed by atoms with Gasteiger partial charge in [0, 0.05) is 0 Å². The van der Waals surface area contributed by atoms with Crippen LogP contribution in [-0.4, -0.2) is 9.55 Å². The minimum Gasteiger partial charge on any atom is -0.329 e. The molecule has 0 saturated carbocycles. The van der Waals surface area contributed by atoms with E-state index in [1.54, 1.807) is 6.07 Å². The van der Waals surface area contributed by atoms with Gasteiger partial charge in [-0.15, -0.1) is 0 Å². The molecule has 98 valence electrons. The zero-order chi connectivity index (χ0) is 14.1. The van der Waals surface area contributed by atoms with Gasteiger partial charge in [0.15, 0.2) is 4.77 Å². The van der Waals surface area contributed by atoms with Crippen LogP contribution in [0.15, 0.2) is 42.5 Å². The minimum absolute atomic E-state index is 0.622. The summed E-state index contributed by atoms with van der Waals surface area (Å²) in [6, 6.07) is 16.1. The SMILES string of the molecule is Cc1ccccc1Cn1c(=S)[nH]c2c(C#N)cccc21. The molecule has 0 atom stereocenters. The van der Waals surface area contributed by atoms with Crippen molar-refractivity contribution in [2.45, 2.75) is 13.5 Å². The first-order valence-electron chi connectivity index (χ1n) is 6.37. The van der Waals surface area contributed by atoms with Crippen molar-refractivity contribution in [2.75, 3.05) is 0 Å². The molecule has 0 unspecified atom stereocenters. The van der Waals surface area contributed by atoms with Gasteiger partial charge in [-0.25, -0.2) is 0 Å². The molecule has 0 spiro atoms. The minimum atomic E-state index is 0.622. The monoisotopic (exact) mass is 279 g/mol. The number of fused-ring (bicyclic) bond motifs is 1. The molecular formula is C16H13N3S. The normalized spacial score (nSPS) is 10.6. The van der Waals surface area contributed by atoms with Crippen LogP contribution in [0.4, 0.5) is 0 Å². The number of para-hydroxylation sites is 1. The standard InChI is InChI=1S/C16H13N3S/c1-11-5-2-3-6-13(11)10-19-14-8-4-7-12(9-17)15(14)18-16(19)20/h2-8H,10H2,1H3,(H,18,20). The van der Waals surface area contributed by atoms with E-state index in [2.05, 4.69) is 30.1 Å². The highest BCUT2D eigenvalue weighted by Crippen LogP contribution is 2.20. The summed E-state index contributed by atoms with van der Waals surface area (Å²) in [5.74, 6) is 0. The predicted molar refractivity (Wildman–Crippen MR) is 82.1 cm³/mol. The van der Waals surface area contributed by atoms with Gasteiger partial charge in [0.05, 0.1) is 23.1 Å². The Bertz CT molecular complexity index is 881. The number of hydrogen-bond donors (Lipinski definition) is 1. The molecule has 3 nitrogen and oxygen atoms in total. The first kappa shape index (κ1) is 12.6. The third-order valence-corrected chi connectivity index (χ3v) is 3.84. The van der Waals surface area contributed by atoms with E-state index < -0.39 is 0 Å². The van der Waals surface area contributed by atoms with E-state index in [4.69, 9.17) is 17.5 Å². The number of rotatable bonds is 2. The van der Waals surface area contributed by atoms with E-state index in [9.17, 15) is 0 Å². The molecular weight excluding hydrogens is 266 g/mol. The third kappa shape index (κ3) is 2.02. The quantitative estimate of drug-likeness (QED) is 0.722. The maximum Gasteiger partial charge on any atom is 0.178 e. The van der Waals surface area contributed by atoms with Crippen LogP contribution >= 0.6 is 12.2 Å². The van der Waals surface area contributed by atoms with Crippen molar-refractivity contribution < 1.29 is 0 Å². The van der Waals surface area contributed by atoms with Crippen LogP contribution in [0, 0.1) is 23.0 Å². The average Bonchev–Trinajstić information content (AvgIpc) is 2.77. The molecule has 0 amide bonds. The largest absolute Gasteiger partial charge is 0.329 e. The lowest BCUT2D eigenvalue weighted by atomic mass is 10.1. The Hall–Kier alpha value is -2.38. The van der Waals surface area contributed by atoms with Gasteiger partial charge in [-0.05, 0) is 42.4 Å². The van der Waals surface area contributed by atoms with E-state index in [1.807, 2.05) is 28.8 Å². The Morgan fingerprint density at radius 3 is 2.75 bits per heavy atom. The lowest BCUT2D eigenvalue weighted by molar-refractivity contribution is 0.805. The topological polar surface area (TPSA) is 44.5 Å². The molecule has 1 heterocycles. The first-order chi connectivity index (χ1) is 9.70. The summed E-state index contributed by atoms with van der Waals surface area (Å²) in [5, 5.41) is 9.16. The molecule has 1 aromatic heterocycles. The van der Waals surface area contributed by atoms with Gasteiger partial charge in [-0.1, -0.05) is 30.3 Å². The highest BCUT2D eigenvalue weighted by atomic mass is 32.1. The average molecular weight is 279 g/mol. The number of nitrogens with one attached hydrogen (secondary N) is 1. The number of imidazole rings is 1. The molecule has 0 bridgehead atoms. The van der Waals surface area contributed by atoms with Crippen molar-refractivity contribution in [3.8, 4) is 6.07 Å². The van der Waals surface area contributed by atoms with Gasteiger partial charge in [0.2, 0.25) is 0 Å². The van der Waals surface area contributed by atoms with Crippen molar-refractivity contribution in [1.82, 2.24) is 9.55 Å². The summed E-state index contributed by atoms with van der Waals surface area (Å²) >= 11 is 5.40. The van der Waals surface area contributed by atoms with Gasteiger partial charge in [-0.3, -0.25) is 0 Å². The van der Waals surface area contributed by atoms with Crippen LogP contribution in [0.5, 0.6) is 0 Å². The van der Waals surface area contributed by atoms with E-state index in [0.29, 0.717) is 16.9 Å². The number of hydrogen-bond acceptors (Lipinski definition) is 2. The van der Waals surface area contributed by atoms with Crippen LogP contribution in [0.2, 0.25) is 0 Å². The molecule has 4 heteroatoms. The Morgan fingerprint density at radius 1 is 1.20 bits per heavy atom. The molecule has 0 aliphatic heterocycles. The number of aryl methyl sites for hydroxylation is 1. The van der Waals surface area contributed by atoms with Crippen LogP contribution in [0.1, 0.15) is 16.7 Å². The highest BCUT2D eigenvalue weighted by Gasteiger charge is 2.09. The van der Waals surface area contributed by atoms with Crippen molar-refractivity contribution in [3.05, 3.63) is 63.9 Å². The third-order valence-electron chi connectivity index (χ3n) is 3.52. The smallest absolute Gasteiger partial charge is 0.178 e. The summed E-state index contributed by atoms with van der Waals surface area (Å²) < 4.78 is 2.68. The summed E-state index contributed by atoms with van der Waals surface area (Å²) in [5.41, 5.74) is 4.87. The lowest BCUT2D eigenvalue weighted by Gasteiger charge is -2.07. The first-order valence-corrected chi connectivity index (χ1v) is 6.77. The van der Waals surface area contributed by atoms with Crippen molar-refractivity contribution in [2.24, 2.45) is 0 Å². The van der Waals surface area contributed by atoms with Crippen LogP contribution in [0.25, 0.3) is 11.0 Å². The molecule has 3 rings (SSSR count). The maximum atomic E-state index is 9.16. The second kappa shape index (κ2) is 4.95. The summed E-state index contributed by atoms with van der Waals surface area (Å²) in [4.78, 5) is 3.14. The molecule has 2 aromatic carbocycles. The van der Waals surface area contributed by atoms with Gasteiger partial charge in [-0.2, -0.15) is 5.26 Å². The van der Waals surface area contributed by atoms with E-state index >= 15 is 0 Å². The molecule has 0 aliphatic carbocycles. The van der Waals surface area contributed by atoms with E-state index in [-0.39, 0.29) is 0 Å². The van der Waals surface area contributed by atoms with Crippen molar-refractivity contribution in [1.29, 1.82) is 5.26 Å². The maximum absolute atomic E-state index is 9.16. The summed E-state index contributed by atoms with van der Waals surface area (Å²) in [6.07, 6.45) is 0.